The van der Waals surface area contributed by atoms with Gasteiger partial charge in [-0.2, -0.15) is 0 Å². The maximum absolute atomic E-state index is 11.5. The SMILES string of the molecule is COC(=O)c1cn(C2CCN(C[C@@H]3C[C@H]4C=C[C@H]3C4)CC2)nn1. The third-order valence-corrected chi connectivity index (χ3v) is 5.75. The van der Waals surface area contributed by atoms with Crippen LogP contribution in [0, 0.1) is 17.8 Å². The van der Waals surface area contributed by atoms with E-state index in [9.17, 15) is 4.79 Å². The second kappa shape index (κ2) is 6.07. The molecule has 2 fully saturated rings. The van der Waals surface area contributed by atoms with Gasteiger partial charge in [-0.15, -0.1) is 5.10 Å². The van der Waals surface area contributed by atoms with Gasteiger partial charge in [0, 0.05) is 19.6 Å². The predicted octanol–water partition coefficient (Wildman–Crippen LogP) is 1.91. The largest absolute Gasteiger partial charge is 0.464 e. The van der Waals surface area contributed by atoms with E-state index in [2.05, 4.69) is 32.1 Å². The summed E-state index contributed by atoms with van der Waals surface area (Å²) in [5.41, 5.74) is 0.295. The lowest BCUT2D eigenvalue weighted by Gasteiger charge is -2.34. The molecule has 1 aromatic heterocycles. The molecule has 2 bridgehead atoms. The summed E-state index contributed by atoms with van der Waals surface area (Å²) < 4.78 is 6.52. The van der Waals surface area contributed by atoms with Gasteiger partial charge in [0.2, 0.25) is 0 Å². The lowest BCUT2D eigenvalue weighted by molar-refractivity contribution is 0.0594. The van der Waals surface area contributed by atoms with Crippen LogP contribution in [0.2, 0.25) is 0 Å². The molecule has 0 radical (unpaired) electrons. The van der Waals surface area contributed by atoms with Gasteiger partial charge in [-0.05, 0) is 43.4 Å². The Morgan fingerprint density at radius 1 is 1.30 bits per heavy atom. The van der Waals surface area contributed by atoms with Crippen molar-refractivity contribution in [2.45, 2.75) is 31.7 Å². The standard InChI is InChI=1S/C17H24N4O2/c1-23-17(22)16-11-21(19-18-16)15-4-6-20(7-5-15)10-14-9-12-2-3-13(14)8-12/h2-3,11-15H,4-10H2,1H3/t12-,13-,14-/m0/s1. The minimum atomic E-state index is -0.418. The van der Waals surface area contributed by atoms with Gasteiger partial charge >= 0.3 is 5.97 Å². The maximum Gasteiger partial charge on any atom is 0.360 e. The Morgan fingerprint density at radius 2 is 2.13 bits per heavy atom. The monoisotopic (exact) mass is 316 g/mol. The number of carbonyl (C=O) groups excluding carboxylic acids is 1. The number of carbonyl (C=O) groups is 1. The number of allylic oxidation sites excluding steroid dienone is 2. The highest BCUT2D eigenvalue weighted by atomic mass is 16.5. The molecular weight excluding hydrogens is 292 g/mol. The summed E-state index contributed by atoms with van der Waals surface area (Å²) in [6.45, 7) is 3.45. The number of fused-ring (bicyclic) bond motifs is 2. The molecule has 3 atom stereocenters. The van der Waals surface area contributed by atoms with Gasteiger partial charge < -0.3 is 9.64 Å². The fourth-order valence-electron chi connectivity index (χ4n) is 4.46. The Balaban J connectivity index is 1.30. The fourth-order valence-corrected chi connectivity index (χ4v) is 4.46. The highest BCUT2D eigenvalue weighted by molar-refractivity contribution is 5.86. The second-order valence-corrected chi connectivity index (χ2v) is 7.15. The predicted molar refractivity (Wildman–Crippen MR) is 84.9 cm³/mol. The van der Waals surface area contributed by atoms with E-state index in [-0.39, 0.29) is 0 Å². The van der Waals surface area contributed by atoms with Crippen molar-refractivity contribution < 1.29 is 9.53 Å². The molecule has 1 saturated heterocycles. The fraction of sp³-hybridized carbons (Fsp3) is 0.706. The quantitative estimate of drug-likeness (QED) is 0.627. The molecule has 2 aliphatic carbocycles. The summed E-state index contributed by atoms with van der Waals surface area (Å²) in [6, 6.07) is 0.345. The molecule has 1 saturated carbocycles. The number of hydrogen-bond acceptors (Lipinski definition) is 5. The molecule has 23 heavy (non-hydrogen) atoms. The molecule has 0 unspecified atom stereocenters. The van der Waals surface area contributed by atoms with Gasteiger partial charge in [-0.3, -0.25) is 0 Å². The van der Waals surface area contributed by atoms with Gasteiger partial charge in [0.1, 0.15) is 0 Å². The summed E-state index contributed by atoms with van der Waals surface area (Å²) in [7, 11) is 1.37. The Morgan fingerprint density at radius 3 is 2.78 bits per heavy atom. The third-order valence-electron chi connectivity index (χ3n) is 5.75. The maximum atomic E-state index is 11.5. The molecule has 6 nitrogen and oxygen atoms in total. The van der Waals surface area contributed by atoms with Crippen LogP contribution >= 0.6 is 0 Å². The van der Waals surface area contributed by atoms with E-state index in [1.165, 1.54) is 26.5 Å². The van der Waals surface area contributed by atoms with Crippen LogP contribution in [0.4, 0.5) is 0 Å². The smallest absolute Gasteiger partial charge is 0.360 e. The van der Waals surface area contributed by atoms with Crippen LogP contribution in [-0.2, 0) is 4.74 Å². The number of nitrogens with zero attached hydrogens (tertiary/aromatic N) is 4. The molecule has 124 valence electrons. The lowest BCUT2D eigenvalue weighted by Crippen LogP contribution is -2.38. The van der Waals surface area contributed by atoms with Crippen molar-refractivity contribution in [2.24, 2.45) is 17.8 Å². The molecule has 6 heteroatoms. The minimum absolute atomic E-state index is 0.295. The minimum Gasteiger partial charge on any atom is -0.464 e. The van der Waals surface area contributed by atoms with E-state index < -0.39 is 5.97 Å². The number of likely N-dealkylation sites (tertiary alicyclic amines) is 1. The van der Waals surface area contributed by atoms with Crippen molar-refractivity contribution in [3.8, 4) is 0 Å². The highest BCUT2D eigenvalue weighted by Gasteiger charge is 2.36. The summed E-state index contributed by atoms with van der Waals surface area (Å²) in [4.78, 5) is 14.1. The molecular formula is C17H24N4O2. The van der Waals surface area contributed by atoms with Gasteiger partial charge in [0.05, 0.1) is 19.3 Å². The molecule has 1 aliphatic heterocycles. The van der Waals surface area contributed by atoms with E-state index in [1.807, 2.05) is 4.68 Å². The second-order valence-electron chi connectivity index (χ2n) is 7.15. The first-order chi connectivity index (χ1) is 11.2. The molecule has 4 rings (SSSR count). The van der Waals surface area contributed by atoms with Crippen molar-refractivity contribution in [1.29, 1.82) is 0 Å². The Hall–Kier alpha value is -1.69. The zero-order valence-electron chi connectivity index (χ0n) is 13.6. The average Bonchev–Trinajstić information content (AvgIpc) is 3.31. The van der Waals surface area contributed by atoms with Crippen LogP contribution in [0.5, 0.6) is 0 Å². The normalized spacial score (nSPS) is 30.9. The van der Waals surface area contributed by atoms with Crippen LogP contribution in [0.1, 0.15) is 42.2 Å². The number of rotatable bonds is 4. The highest BCUT2D eigenvalue weighted by Crippen LogP contribution is 2.43. The lowest BCUT2D eigenvalue weighted by atomic mass is 9.92. The van der Waals surface area contributed by atoms with E-state index >= 15 is 0 Å². The van der Waals surface area contributed by atoms with Crippen molar-refractivity contribution in [3.63, 3.8) is 0 Å². The van der Waals surface area contributed by atoms with Crippen LogP contribution in [-0.4, -0.2) is 52.6 Å². The van der Waals surface area contributed by atoms with Crippen molar-refractivity contribution in [3.05, 3.63) is 24.0 Å². The van der Waals surface area contributed by atoms with E-state index in [1.54, 1.807) is 6.20 Å². The zero-order valence-corrected chi connectivity index (χ0v) is 13.6. The van der Waals surface area contributed by atoms with Crippen molar-refractivity contribution >= 4 is 5.97 Å². The first-order valence-corrected chi connectivity index (χ1v) is 8.63. The van der Waals surface area contributed by atoms with E-state index in [0.29, 0.717) is 11.7 Å². The number of methoxy groups -OCH3 is 1. The summed E-state index contributed by atoms with van der Waals surface area (Å²) in [5, 5.41) is 8.01. The van der Waals surface area contributed by atoms with Crippen LogP contribution in [0.3, 0.4) is 0 Å². The molecule has 0 aromatic carbocycles. The van der Waals surface area contributed by atoms with Gasteiger partial charge in [-0.1, -0.05) is 17.4 Å². The van der Waals surface area contributed by atoms with Crippen molar-refractivity contribution in [1.82, 2.24) is 19.9 Å². The number of piperidine rings is 1. The van der Waals surface area contributed by atoms with Gasteiger partial charge in [0.15, 0.2) is 5.69 Å². The summed E-state index contributed by atoms with van der Waals surface area (Å²) >= 11 is 0. The number of aromatic nitrogens is 3. The molecule has 1 aromatic rings. The van der Waals surface area contributed by atoms with Crippen LogP contribution in [0.15, 0.2) is 18.3 Å². The first-order valence-electron chi connectivity index (χ1n) is 8.63. The Labute approximate surface area is 136 Å². The molecule has 3 aliphatic rings. The number of ether oxygens (including phenoxy) is 1. The Kier molecular flexibility index (Phi) is 3.93. The summed E-state index contributed by atoms with van der Waals surface area (Å²) in [6.07, 6.45) is 11.5. The Bertz CT molecular complexity index is 603. The van der Waals surface area contributed by atoms with Crippen LogP contribution < -0.4 is 0 Å². The van der Waals surface area contributed by atoms with Gasteiger partial charge in [0.25, 0.3) is 0 Å². The van der Waals surface area contributed by atoms with Gasteiger partial charge in [-0.25, -0.2) is 9.48 Å². The first kappa shape index (κ1) is 14.9. The van der Waals surface area contributed by atoms with E-state index in [4.69, 9.17) is 0 Å². The number of esters is 1. The summed E-state index contributed by atoms with van der Waals surface area (Å²) in [5.74, 6) is 2.13. The van der Waals surface area contributed by atoms with Crippen molar-refractivity contribution in [2.75, 3.05) is 26.7 Å². The molecule has 0 amide bonds. The molecule has 0 spiro atoms. The topological polar surface area (TPSA) is 60.2 Å². The third kappa shape index (κ3) is 2.92. The zero-order chi connectivity index (χ0) is 15.8. The molecule has 0 N–H and O–H groups in total. The van der Waals surface area contributed by atoms with Crippen LogP contribution in [0.25, 0.3) is 0 Å². The number of hydrogen-bond donors (Lipinski definition) is 0. The van der Waals surface area contributed by atoms with E-state index in [0.717, 1.165) is 43.7 Å². The molecule has 2 heterocycles. The average molecular weight is 316 g/mol.